The van der Waals surface area contributed by atoms with Crippen LogP contribution in [-0.2, 0) is 14.8 Å². The first-order chi connectivity index (χ1) is 9.79. The van der Waals surface area contributed by atoms with Gasteiger partial charge in [-0.15, -0.1) is 0 Å². The fraction of sp³-hybridized carbons (Fsp3) is 0.312. The van der Waals surface area contributed by atoms with Crippen molar-refractivity contribution in [1.29, 1.82) is 0 Å². The minimum atomic E-state index is -3.33. The van der Waals surface area contributed by atoms with Crippen molar-refractivity contribution in [2.75, 3.05) is 19.3 Å². The summed E-state index contributed by atoms with van der Waals surface area (Å²) in [5.74, 6) is -0.0835. The number of hydrogen-bond donors (Lipinski definition) is 0. The Morgan fingerprint density at radius 2 is 1.81 bits per heavy atom. The first kappa shape index (κ1) is 15.7. The fourth-order valence-electron chi connectivity index (χ4n) is 2.37. The predicted molar refractivity (Wildman–Crippen MR) is 84.2 cm³/mol. The molecule has 0 radical (unpaired) electrons. The quantitative estimate of drug-likeness (QED) is 0.860. The Hall–Kier alpha value is -1.72. The van der Waals surface area contributed by atoms with Crippen LogP contribution in [0.3, 0.4) is 0 Å². The maximum atomic E-state index is 11.8. The summed E-state index contributed by atoms with van der Waals surface area (Å²) in [6.45, 7) is 3.82. The Labute approximate surface area is 125 Å². The molecule has 0 fully saturated rings. The molecule has 0 saturated carbocycles. The number of ketones is 1. The zero-order chi connectivity index (χ0) is 15.6. The molecule has 2 rings (SSSR count). The van der Waals surface area contributed by atoms with Crippen molar-refractivity contribution in [3.05, 3.63) is 52.6 Å². The maximum absolute atomic E-state index is 11.8. The van der Waals surface area contributed by atoms with Crippen molar-refractivity contribution in [1.82, 2.24) is 4.31 Å². The molecule has 1 aromatic carbocycles. The molecule has 112 valence electrons. The molecule has 0 bridgehead atoms. The second-order valence-electron chi connectivity index (χ2n) is 5.27. The number of carbonyl (C=O) groups is 1. The monoisotopic (exact) mass is 305 g/mol. The van der Waals surface area contributed by atoms with Gasteiger partial charge in [0, 0.05) is 18.7 Å². The molecule has 1 aliphatic heterocycles. The zero-order valence-corrected chi connectivity index (χ0v) is 13.3. The average Bonchev–Trinajstić information content (AvgIpc) is 2.40. The molecule has 1 heterocycles. The highest BCUT2D eigenvalue weighted by atomic mass is 32.2. The molecule has 0 saturated heterocycles. The van der Waals surface area contributed by atoms with E-state index in [9.17, 15) is 13.2 Å². The normalized spacial score (nSPS) is 19.1. The van der Waals surface area contributed by atoms with Gasteiger partial charge in [0.1, 0.15) is 0 Å². The Balaban J connectivity index is 2.50. The highest BCUT2D eigenvalue weighted by Gasteiger charge is 2.28. The van der Waals surface area contributed by atoms with Crippen LogP contribution in [0.4, 0.5) is 0 Å². The van der Waals surface area contributed by atoms with Gasteiger partial charge >= 0.3 is 0 Å². The number of rotatable bonds is 3. The molecule has 1 aliphatic rings. The van der Waals surface area contributed by atoms with Gasteiger partial charge in [0.15, 0.2) is 5.78 Å². The number of nitrogens with zero attached hydrogens (tertiary/aromatic N) is 1. The lowest BCUT2D eigenvalue weighted by Gasteiger charge is -2.29. The van der Waals surface area contributed by atoms with E-state index in [0.29, 0.717) is 12.1 Å². The summed E-state index contributed by atoms with van der Waals surface area (Å²) in [5.41, 5.74) is 3.30. The highest BCUT2D eigenvalue weighted by Crippen LogP contribution is 2.26. The van der Waals surface area contributed by atoms with E-state index in [0.717, 1.165) is 16.7 Å². The smallest absolute Gasteiger partial charge is 0.211 e. The molecule has 4 nitrogen and oxygen atoms in total. The number of hydrogen-bond acceptors (Lipinski definition) is 3. The van der Waals surface area contributed by atoms with Crippen molar-refractivity contribution >= 4 is 21.9 Å². The van der Waals surface area contributed by atoms with Crippen LogP contribution in [0.1, 0.15) is 19.4 Å². The van der Waals surface area contributed by atoms with Crippen LogP contribution >= 0.6 is 0 Å². The Morgan fingerprint density at radius 3 is 2.33 bits per heavy atom. The van der Waals surface area contributed by atoms with Crippen LogP contribution < -0.4 is 0 Å². The molecule has 21 heavy (non-hydrogen) atoms. The summed E-state index contributed by atoms with van der Waals surface area (Å²) in [5, 5.41) is 0. The summed E-state index contributed by atoms with van der Waals surface area (Å²) < 4.78 is 25.0. The predicted octanol–water partition coefficient (Wildman–Crippen LogP) is 2.25. The van der Waals surface area contributed by atoms with E-state index in [2.05, 4.69) is 0 Å². The van der Waals surface area contributed by atoms with Gasteiger partial charge in [-0.25, -0.2) is 8.42 Å². The van der Waals surface area contributed by atoms with Crippen molar-refractivity contribution in [3.8, 4) is 0 Å². The maximum Gasteiger partial charge on any atom is 0.211 e. The lowest BCUT2D eigenvalue weighted by atomic mass is 9.94. The van der Waals surface area contributed by atoms with E-state index in [1.54, 1.807) is 0 Å². The van der Waals surface area contributed by atoms with Crippen molar-refractivity contribution < 1.29 is 13.2 Å². The molecule has 0 amide bonds. The van der Waals surface area contributed by atoms with Crippen LogP contribution in [0.25, 0.3) is 6.08 Å². The van der Waals surface area contributed by atoms with Gasteiger partial charge in [-0.1, -0.05) is 36.4 Å². The molecule has 0 spiro atoms. The molecule has 0 aliphatic carbocycles. The standard InChI is InChI=1S/C16H19NO3S/c1-12-15(9-14-7-5-4-6-8-14)10-17(21(3,19)20)11-16(12)13(2)18/h4-9H,10-11H2,1-3H3/b15-9+. The van der Waals surface area contributed by atoms with E-state index < -0.39 is 10.0 Å². The van der Waals surface area contributed by atoms with Crippen molar-refractivity contribution in [2.45, 2.75) is 13.8 Å². The van der Waals surface area contributed by atoms with Crippen molar-refractivity contribution in [2.24, 2.45) is 0 Å². The second-order valence-corrected chi connectivity index (χ2v) is 7.25. The average molecular weight is 305 g/mol. The molecule has 0 unspecified atom stereocenters. The molecule has 0 aromatic heterocycles. The van der Waals surface area contributed by atoms with Gasteiger partial charge in [-0.2, -0.15) is 4.31 Å². The lowest BCUT2D eigenvalue weighted by Crippen LogP contribution is -2.38. The van der Waals surface area contributed by atoms with E-state index >= 15 is 0 Å². The number of sulfonamides is 1. The van der Waals surface area contributed by atoms with E-state index in [4.69, 9.17) is 0 Å². The fourth-order valence-corrected chi connectivity index (χ4v) is 3.10. The molecule has 0 atom stereocenters. The topological polar surface area (TPSA) is 54.5 Å². The van der Waals surface area contributed by atoms with E-state index in [1.807, 2.05) is 43.3 Å². The van der Waals surface area contributed by atoms with Gasteiger partial charge < -0.3 is 0 Å². The molecule has 1 aromatic rings. The van der Waals surface area contributed by atoms with Crippen LogP contribution in [0.2, 0.25) is 0 Å². The van der Waals surface area contributed by atoms with Gasteiger partial charge in [-0.3, -0.25) is 4.79 Å². The third-order valence-corrected chi connectivity index (χ3v) is 4.85. The number of carbonyl (C=O) groups excluding carboxylic acids is 1. The molecule has 0 N–H and O–H groups in total. The largest absolute Gasteiger partial charge is 0.295 e. The van der Waals surface area contributed by atoms with E-state index in [1.165, 1.54) is 17.5 Å². The Morgan fingerprint density at radius 1 is 1.19 bits per heavy atom. The zero-order valence-electron chi connectivity index (χ0n) is 12.5. The Bertz CT molecular complexity index is 715. The summed E-state index contributed by atoms with van der Waals surface area (Å²) in [4.78, 5) is 11.8. The van der Waals surface area contributed by atoms with E-state index in [-0.39, 0.29) is 12.3 Å². The highest BCUT2D eigenvalue weighted by molar-refractivity contribution is 7.88. The van der Waals surface area contributed by atoms with Crippen LogP contribution in [0.5, 0.6) is 0 Å². The molecular formula is C16H19NO3S. The van der Waals surface area contributed by atoms with Crippen LogP contribution in [0.15, 0.2) is 47.1 Å². The van der Waals surface area contributed by atoms with Gasteiger partial charge in [0.2, 0.25) is 10.0 Å². The summed E-state index contributed by atoms with van der Waals surface area (Å²) in [6.07, 6.45) is 3.11. The van der Waals surface area contributed by atoms with Crippen molar-refractivity contribution in [3.63, 3.8) is 0 Å². The minimum Gasteiger partial charge on any atom is -0.295 e. The van der Waals surface area contributed by atoms with Gasteiger partial charge in [-0.05, 0) is 30.6 Å². The molecular weight excluding hydrogens is 286 g/mol. The minimum absolute atomic E-state index is 0.0835. The molecule has 5 heteroatoms. The SMILES string of the molecule is CC(=O)C1=C(C)/C(=C/c2ccccc2)CN(S(C)(=O)=O)C1. The van der Waals surface area contributed by atoms with Crippen LogP contribution in [0, 0.1) is 0 Å². The lowest BCUT2D eigenvalue weighted by molar-refractivity contribution is -0.113. The first-order valence-electron chi connectivity index (χ1n) is 6.71. The summed E-state index contributed by atoms with van der Waals surface area (Å²) >= 11 is 0. The first-order valence-corrected chi connectivity index (χ1v) is 8.55. The summed E-state index contributed by atoms with van der Waals surface area (Å²) in [6, 6.07) is 9.68. The van der Waals surface area contributed by atoms with Gasteiger partial charge in [0.25, 0.3) is 0 Å². The number of Topliss-reactive ketones (excluding diaryl/α,β-unsaturated/α-hetero) is 1. The number of benzene rings is 1. The second kappa shape index (κ2) is 5.95. The van der Waals surface area contributed by atoms with Gasteiger partial charge in [0.05, 0.1) is 6.26 Å². The Kier molecular flexibility index (Phi) is 4.44. The third-order valence-electron chi connectivity index (χ3n) is 3.65. The third kappa shape index (κ3) is 3.68. The van der Waals surface area contributed by atoms with Crippen LogP contribution in [-0.4, -0.2) is 37.9 Å². The summed E-state index contributed by atoms with van der Waals surface area (Å²) in [7, 11) is -3.33.